The van der Waals surface area contributed by atoms with Crippen LogP contribution in [0.2, 0.25) is 0 Å². The number of piperidine rings is 1. The van der Waals surface area contributed by atoms with Gasteiger partial charge in [0.1, 0.15) is 0 Å². The van der Waals surface area contributed by atoms with Gasteiger partial charge in [0.05, 0.1) is 17.9 Å². The molecule has 126 valence electrons. The predicted molar refractivity (Wildman–Crippen MR) is 85.3 cm³/mol. The van der Waals surface area contributed by atoms with Gasteiger partial charge in [-0.1, -0.05) is 6.07 Å². The maximum absolute atomic E-state index is 13.0. The van der Waals surface area contributed by atoms with Crippen molar-refractivity contribution < 1.29 is 19.1 Å². The van der Waals surface area contributed by atoms with Gasteiger partial charge in [0.15, 0.2) is 0 Å². The molecule has 2 atom stereocenters. The van der Waals surface area contributed by atoms with Crippen molar-refractivity contribution in [3.8, 4) is 0 Å². The maximum atomic E-state index is 13.0. The summed E-state index contributed by atoms with van der Waals surface area (Å²) in [5, 5.41) is 5.77. The van der Waals surface area contributed by atoms with Crippen LogP contribution in [-0.2, 0) is 20.9 Å². The third-order valence-corrected chi connectivity index (χ3v) is 5.30. The number of fused-ring (bicyclic) bond motifs is 2. The fraction of sp³-hybridized carbons (Fsp3) is 0.471. The molecular formula is C17H19N3O4. The molecule has 0 spiro atoms. The summed E-state index contributed by atoms with van der Waals surface area (Å²) in [6.45, 7) is 1.24. The number of hydrogen-bond acceptors (Lipinski definition) is 4. The summed E-state index contributed by atoms with van der Waals surface area (Å²) in [5.74, 6) is -0.273. The molecule has 24 heavy (non-hydrogen) atoms. The van der Waals surface area contributed by atoms with Gasteiger partial charge in [-0.05, 0) is 18.6 Å². The Kier molecular flexibility index (Phi) is 3.35. The normalized spacial score (nSPS) is 28.4. The van der Waals surface area contributed by atoms with Crippen molar-refractivity contribution in [1.29, 1.82) is 0 Å². The number of carbonyl (C=O) groups is 3. The Morgan fingerprint density at radius 3 is 3.08 bits per heavy atom. The Balaban J connectivity index is 1.62. The van der Waals surface area contributed by atoms with Gasteiger partial charge in [0, 0.05) is 43.6 Å². The van der Waals surface area contributed by atoms with Crippen LogP contribution in [0, 0.1) is 5.41 Å². The van der Waals surface area contributed by atoms with Crippen molar-refractivity contribution in [2.45, 2.75) is 25.5 Å². The molecule has 7 heteroatoms. The van der Waals surface area contributed by atoms with Gasteiger partial charge in [0.2, 0.25) is 11.8 Å². The van der Waals surface area contributed by atoms with Gasteiger partial charge < -0.3 is 20.3 Å². The zero-order valence-corrected chi connectivity index (χ0v) is 13.4. The number of nitrogens with one attached hydrogen (secondary N) is 2. The van der Waals surface area contributed by atoms with Gasteiger partial charge >= 0.3 is 0 Å². The molecule has 1 aromatic carbocycles. The lowest BCUT2D eigenvalue weighted by atomic mass is 9.76. The van der Waals surface area contributed by atoms with Crippen LogP contribution in [0.3, 0.4) is 0 Å². The summed E-state index contributed by atoms with van der Waals surface area (Å²) >= 11 is 0. The number of benzene rings is 1. The summed E-state index contributed by atoms with van der Waals surface area (Å²) in [5.41, 5.74) is 1.40. The molecule has 4 rings (SSSR count). The van der Waals surface area contributed by atoms with Crippen LogP contribution in [0.4, 0.5) is 5.69 Å². The number of anilines is 1. The molecule has 3 aliphatic rings. The van der Waals surface area contributed by atoms with Gasteiger partial charge in [0.25, 0.3) is 5.91 Å². The van der Waals surface area contributed by atoms with E-state index < -0.39 is 5.41 Å². The van der Waals surface area contributed by atoms with E-state index in [0.717, 1.165) is 5.56 Å². The Morgan fingerprint density at radius 1 is 1.42 bits per heavy atom. The highest BCUT2D eigenvalue weighted by Gasteiger charge is 2.53. The number of nitrogens with zero attached hydrogens (tertiary/aromatic N) is 1. The van der Waals surface area contributed by atoms with E-state index >= 15 is 0 Å². The molecule has 0 aromatic heterocycles. The number of amides is 3. The second-order valence-electron chi connectivity index (χ2n) is 6.69. The van der Waals surface area contributed by atoms with E-state index in [9.17, 15) is 14.4 Å². The average Bonchev–Trinajstić information content (AvgIpc) is 3.11. The molecule has 3 heterocycles. The van der Waals surface area contributed by atoms with Crippen molar-refractivity contribution in [3.63, 3.8) is 0 Å². The highest BCUT2D eigenvalue weighted by atomic mass is 16.5. The first-order valence-corrected chi connectivity index (χ1v) is 8.08. The van der Waals surface area contributed by atoms with Crippen LogP contribution >= 0.6 is 0 Å². The van der Waals surface area contributed by atoms with E-state index in [1.165, 1.54) is 0 Å². The topological polar surface area (TPSA) is 87.7 Å². The largest absolute Gasteiger partial charge is 0.376 e. The van der Waals surface area contributed by atoms with E-state index in [1.54, 1.807) is 24.1 Å². The second-order valence-corrected chi connectivity index (χ2v) is 6.69. The quantitative estimate of drug-likeness (QED) is 0.827. The first-order chi connectivity index (χ1) is 11.5. The molecule has 1 aromatic rings. The molecule has 0 aliphatic carbocycles. The van der Waals surface area contributed by atoms with Crippen molar-refractivity contribution in [2.75, 3.05) is 25.5 Å². The summed E-state index contributed by atoms with van der Waals surface area (Å²) in [7, 11) is 1.74. The number of ether oxygens (including phenoxy) is 1. The van der Waals surface area contributed by atoms with Crippen molar-refractivity contribution in [3.05, 3.63) is 29.3 Å². The first-order valence-electron chi connectivity index (χ1n) is 8.08. The molecule has 2 N–H and O–H groups in total. The molecule has 0 radical (unpaired) electrons. The van der Waals surface area contributed by atoms with Crippen LogP contribution in [-0.4, -0.2) is 48.9 Å². The standard InChI is InChI=1S/C17H19N3O4/c1-20-8-11-10(15(20)22)3-2-4-12(11)19-16(23)17-5-6-24-13(17)7-14(21)18-9-17/h2-4,13H,5-9H2,1H3,(H,18,21)(H,19,23)/t13-,17-/m0/s1. The minimum atomic E-state index is -0.731. The second kappa shape index (κ2) is 5.31. The van der Waals surface area contributed by atoms with E-state index in [1.807, 2.05) is 6.07 Å². The fourth-order valence-corrected chi connectivity index (χ4v) is 3.83. The van der Waals surface area contributed by atoms with Crippen molar-refractivity contribution >= 4 is 23.4 Å². The van der Waals surface area contributed by atoms with Crippen LogP contribution in [0.25, 0.3) is 0 Å². The van der Waals surface area contributed by atoms with Crippen LogP contribution in [0.1, 0.15) is 28.8 Å². The van der Waals surface area contributed by atoms with Gasteiger partial charge in [-0.2, -0.15) is 0 Å². The SMILES string of the molecule is CN1Cc2c(NC(=O)[C@]34CCO[C@H]3CC(=O)NC4)cccc2C1=O. The molecule has 3 aliphatic heterocycles. The van der Waals surface area contributed by atoms with Gasteiger partial charge in [-0.25, -0.2) is 0 Å². The molecule has 3 amide bonds. The van der Waals surface area contributed by atoms with Crippen molar-refractivity contribution in [2.24, 2.45) is 5.41 Å². The molecule has 0 bridgehead atoms. The minimum Gasteiger partial charge on any atom is -0.376 e. The van der Waals surface area contributed by atoms with E-state index in [-0.39, 0.29) is 36.8 Å². The third-order valence-electron chi connectivity index (χ3n) is 5.30. The molecule has 2 fully saturated rings. The Hall–Kier alpha value is -2.41. The lowest BCUT2D eigenvalue weighted by molar-refractivity contribution is -0.137. The third kappa shape index (κ3) is 2.11. The van der Waals surface area contributed by atoms with Crippen LogP contribution in [0.15, 0.2) is 18.2 Å². The predicted octanol–water partition coefficient (Wildman–Crippen LogP) is 0.506. The number of carbonyl (C=O) groups excluding carboxylic acids is 3. The Labute approximate surface area is 139 Å². The Bertz CT molecular complexity index is 747. The summed E-state index contributed by atoms with van der Waals surface area (Å²) in [6, 6.07) is 5.36. The highest BCUT2D eigenvalue weighted by molar-refractivity contribution is 6.03. The molecule has 7 nitrogen and oxygen atoms in total. The van der Waals surface area contributed by atoms with E-state index in [0.29, 0.717) is 30.8 Å². The van der Waals surface area contributed by atoms with Gasteiger partial charge in [-0.3, -0.25) is 14.4 Å². The zero-order valence-electron chi connectivity index (χ0n) is 13.4. The summed E-state index contributed by atoms with van der Waals surface area (Å²) in [4.78, 5) is 38.3. The maximum Gasteiger partial charge on any atom is 0.254 e. The summed E-state index contributed by atoms with van der Waals surface area (Å²) in [6.07, 6.45) is 0.409. The minimum absolute atomic E-state index is 0.0359. The lowest BCUT2D eigenvalue weighted by Crippen LogP contribution is -2.56. The zero-order chi connectivity index (χ0) is 16.9. The van der Waals surface area contributed by atoms with E-state index in [2.05, 4.69) is 10.6 Å². The van der Waals surface area contributed by atoms with Crippen molar-refractivity contribution in [1.82, 2.24) is 10.2 Å². The molecule has 0 saturated carbocycles. The van der Waals surface area contributed by atoms with Gasteiger partial charge in [-0.15, -0.1) is 0 Å². The lowest BCUT2D eigenvalue weighted by Gasteiger charge is -2.36. The Morgan fingerprint density at radius 2 is 2.25 bits per heavy atom. The van der Waals surface area contributed by atoms with Crippen LogP contribution in [0.5, 0.6) is 0 Å². The number of rotatable bonds is 2. The van der Waals surface area contributed by atoms with E-state index in [4.69, 9.17) is 4.74 Å². The highest BCUT2D eigenvalue weighted by Crippen LogP contribution is 2.40. The monoisotopic (exact) mass is 329 g/mol. The summed E-state index contributed by atoms with van der Waals surface area (Å²) < 4.78 is 5.63. The molecular weight excluding hydrogens is 310 g/mol. The fourth-order valence-electron chi connectivity index (χ4n) is 3.83. The smallest absolute Gasteiger partial charge is 0.254 e. The average molecular weight is 329 g/mol. The number of hydrogen-bond donors (Lipinski definition) is 2. The van der Waals surface area contributed by atoms with Crippen LogP contribution < -0.4 is 10.6 Å². The molecule has 2 saturated heterocycles. The first kappa shape index (κ1) is 15.1. The molecule has 0 unspecified atom stereocenters.